The van der Waals surface area contributed by atoms with E-state index in [0.29, 0.717) is 24.5 Å². The van der Waals surface area contributed by atoms with Gasteiger partial charge in [-0.15, -0.1) is 0 Å². The summed E-state index contributed by atoms with van der Waals surface area (Å²) < 4.78 is 5.32. The van der Waals surface area contributed by atoms with Crippen molar-refractivity contribution in [2.45, 2.75) is 26.9 Å². The molecule has 0 aliphatic rings. The van der Waals surface area contributed by atoms with E-state index in [4.69, 9.17) is 10.5 Å². The van der Waals surface area contributed by atoms with Gasteiger partial charge < -0.3 is 15.8 Å². The lowest BCUT2D eigenvalue weighted by atomic mass is 10.2. The zero-order valence-electron chi connectivity index (χ0n) is 10.5. The number of pyridine rings is 1. The van der Waals surface area contributed by atoms with Crippen molar-refractivity contribution >= 4 is 11.7 Å². The Bertz CT molecular complexity index is 373. The molecule has 1 rings (SSSR count). The maximum absolute atomic E-state index is 11.8. The van der Waals surface area contributed by atoms with Gasteiger partial charge in [-0.05, 0) is 32.9 Å². The Morgan fingerprint density at radius 1 is 1.59 bits per heavy atom. The van der Waals surface area contributed by atoms with Crippen molar-refractivity contribution in [1.82, 2.24) is 10.3 Å². The van der Waals surface area contributed by atoms with Crippen LogP contribution in [0, 0.1) is 6.92 Å². The molecule has 0 saturated carbocycles. The number of aryl methyl sites for hydroxylation is 1. The van der Waals surface area contributed by atoms with Gasteiger partial charge in [0.25, 0.3) is 5.91 Å². The van der Waals surface area contributed by atoms with Crippen molar-refractivity contribution in [3.05, 3.63) is 23.4 Å². The zero-order chi connectivity index (χ0) is 12.8. The highest BCUT2D eigenvalue weighted by molar-refractivity contribution is 5.94. The van der Waals surface area contributed by atoms with E-state index < -0.39 is 0 Å². The van der Waals surface area contributed by atoms with Crippen LogP contribution in [0.1, 0.15) is 29.9 Å². The fraction of sp³-hybridized carbons (Fsp3) is 0.500. The first-order valence-corrected chi connectivity index (χ1v) is 5.67. The predicted molar refractivity (Wildman–Crippen MR) is 66.8 cm³/mol. The summed E-state index contributed by atoms with van der Waals surface area (Å²) in [6.45, 7) is 6.75. The molecule has 1 unspecified atom stereocenters. The lowest BCUT2D eigenvalue weighted by Gasteiger charge is -2.12. The molecule has 0 bridgehead atoms. The molecule has 0 aliphatic heterocycles. The lowest BCUT2D eigenvalue weighted by molar-refractivity contribution is 0.0695. The number of hydrogen-bond donors (Lipinski definition) is 2. The van der Waals surface area contributed by atoms with Gasteiger partial charge in [0, 0.05) is 24.4 Å². The largest absolute Gasteiger partial charge is 0.384 e. The van der Waals surface area contributed by atoms with E-state index >= 15 is 0 Å². The molecule has 0 aromatic carbocycles. The van der Waals surface area contributed by atoms with E-state index in [1.807, 2.05) is 13.8 Å². The summed E-state index contributed by atoms with van der Waals surface area (Å²) in [5.41, 5.74) is 6.84. The number of rotatable bonds is 5. The highest BCUT2D eigenvalue weighted by atomic mass is 16.5. The summed E-state index contributed by atoms with van der Waals surface area (Å²) in [7, 11) is 0. The monoisotopic (exact) mass is 237 g/mol. The van der Waals surface area contributed by atoms with Crippen LogP contribution < -0.4 is 11.1 Å². The van der Waals surface area contributed by atoms with Crippen molar-refractivity contribution in [2.75, 3.05) is 18.9 Å². The van der Waals surface area contributed by atoms with Crippen LogP contribution in [0.15, 0.2) is 12.1 Å². The molecular weight excluding hydrogens is 218 g/mol. The lowest BCUT2D eigenvalue weighted by Crippen LogP contribution is -2.32. The topological polar surface area (TPSA) is 77.2 Å². The fourth-order valence-corrected chi connectivity index (χ4v) is 1.51. The number of carbonyl (C=O) groups excluding carboxylic acids is 1. The number of ether oxygens (including phenoxy) is 1. The predicted octanol–water partition coefficient (Wildman–Crippen LogP) is 1.13. The average molecular weight is 237 g/mol. The van der Waals surface area contributed by atoms with Gasteiger partial charge in [0.2, 0.25) is 0 Å². The number of amides is 1. The van der Waals surface area contributed by atoms with E-state index in [-0.39, 0.29) is 12.0 Å². The number of hydrogen-bond acceptors (Lipinski definition) is 4. The Kier molecular flexibility index (Phi) is 4.90. The Labute approximate surface area is 101 Å². The maximum atomic E-state index is 11.8. The minimum atomic E-state index is -0.159. The van der Waals surface area contributed by atoms with Crippen LogP contribution >= 0.6 is 0 Å². The zero-order valence-corrected chi connectivity index (χ0v) is 10.5. The second kappa shape index (κ2) is 6.20. The van der Waals surface area contributed by atoms with Crippen molar-refractivity contribution in [3.8, 4) is 0 Å². The Morgan fingerprint density at radius 2 is 2.29 bits per heavy atom. The van der Waals surface area contributed by atoms with E-state index in [9.17, 15) is 4.79 Å². The van der Waals surface area contributed by atoms with Gasteiger partial charge in [-0.1, -0.05) is 0 Å². The molecule has 5 nitrogen and oxygen atoms in total. The summed E-state index contributed by atoms with van der Waals surface area (Å²) >= 11 is 0. The van der Waals surface area contributed by atoms with Crippen LogP contribution in [0.2, 0.25) is 0 Å². The van der Waals surface area contributed by atoms with Crippen LogP contribution in [-0.2, 0) is 4.74 Å². The number of nitrogen functional groups attached to an aromatic ring is 1. The molecule has 17 heavy (non-hydrogen) atoms. The first-order chi connectivity index (χ1) is 8.02. The van der Waals surface area contributed by atoms with Gasteiger partial charge in [0.05, 0.1) is 6.10 Å². The van der Waals surface area contributed by atoms with E-state index in [1.54, 1.807) is 19.1 Å². The number of nitrogens with zero attached hydrogens (tertiary/aromatic N) is 1. The smallest absolute Gasteiger partial charge is 0.251 e. The third-order valence-corrected chi connectivity index (χ3v) is 2.24. The average Bonchev–Trinajstić information content (AvgIpc) is 2.25. The molecule has 0 spiro atoms. The minimum Gasteiger partial charge on any atom is -0.384 e. The van der Waals surface area contributed by atoms with Crippen LogP contribution in [0.4, 0.5) is 5.82 Å². The van der Waals surface area contributed by atoms with Gasteiger partial charge in [-0.25, -0.2) is 4.98 Å². The standard InChI is InChI=1S/C12H19N3O2/c1-4-17-9(3)7-14-12(16)10-5-8(2)15-11(13)6-10/h5-6,9H,4,7H2,1-3H3,(H2,13,15)(H,14,16). The Morgan fingerprint density at radius 3 is 2.88 bits per heavy atom. The Balaban J connectivity index is 2.58. The minimum absolute atomic E-state index is 0.00392. The van der Waals surface area contributed by atoms with E-state index in [1.165, 1.54) is 0 Å². The highest BCUT2D eigenvalue weighted by Crippen LogP contribution is 2.06. The number of carbonyl (C=O) groups is 1. The summed E-state index contributed by atoms with van der Waals surface area (Å²) in [5.74, 6) is 0.196. The fourth-order valence-electron chi connectivity index (χ4n) is 1.51. The molecule has 3 N–H and O–H groups in total. The van der Waals surface area contributed by atoms with Gasteiger partial charge in [0.1, 0.15) is 5.82 Å². The number of nitrogens with one attached hydrogen (secondary N) is 1. The summed E-state index contributed by atoms with van der Waals surface area (Å²) in [6, 6.07) is 3.27. The van der Waals surface area contributed by atoms with Gasteiger partial charge >= 0.3 is 0 Å². The molecule has 0 aliphatic carbocycles. The molecule has 0 radical (unpaired) electrons. The summed E-state index contributed by atoms with van der Waals surface area (Å²) in [6.07, 6.45) is 0.00392. The van der Waals surface area contributed by atoms with Crippen LogP contribution in [-0.4, -0.2) is 30.1 Å². The molecular formula is C12H19N3O2. The molecule has 1 aromatic rings. The van der Waals surface area contributed by atoms with Gasteiger partial charge in [-0.2, -0.15) is 0 Å². The van der Waals surface area contributed by atoms with Crippen molar-refractivity contribution in [1.29, 1.82) is 0 Å². The number of aromatic nitrogens is 1. The SMILES string of the molecule is CCOC(C)CNC(=O)c1cc(C)nc(N)c1. The highest BCUT2D eigenvalue weighted by Gasteiger charge is 2.09. The number of nitrogens with two attached hydrogens (primary N) is 1. The quantitative estimate of drug-likeness (QED) is 0.804. The summed E-state index contributed by atoms with van der Waals surface area (Å²) in [4.78, 5) is 15.8. The van der Waals surface area contributed by atoms with E-state index in [0.717, 1.165) is 5.69 Å². The Hall–Kier alpha value is -1.62. The third kappa shape index (κ3) is 4.40. The molecule has 0 saturated heterocycles. The summed E-state index contributed by atoms with van der Waals surface area (Å²) in [5, 5.41) is 2.79. The van der Waals surface area contributed by atoms with E-state index in [2.05, 4.69) is 10.3 Å². The molecule has 5 heteroatoms. The normalized spacial score (nSPS) is 12.2. The molecule has 94 valence electrons. The molecule has 1 amide bonds. The van der Waals surface area contributed by atoms with Crippen LogP contribution in [0.5, 0.6) is 0 Å². The number of anilines is 1. The van der Waals surface area contributed by atoms with Crippen molar-refractivity contribution < 1.29 is 9.53 Å². The van der Waals surface area contributed by atoms with Gasteiger partial charge in [0.15, 0.2) is 0 Å². The van der Waals surface area contributed by atoms with Crippen molar-refractivity contribution in [3.63, 3.8) is 0 Å². The maximum Gasteiger partial charge on any atom is 0.251 e. The molecule has 1 aromatic heterocycles. The molecule has 0 fully saturated rings. The van der Waals surface area contributed by atoms with Gasteiger partial charge in [-0.3, -0.25) is 4.79 Å². The van der Waals surface area contributed by atoms with Crippen LogP contribution in [0.25, 0.3) is 0 Å². The molecule has 1 heterocycles. The van der Waals surface area contributed by atoms with Crippen molar-refractivity contribution in [2.24, 2.45) is 0 Å². The molecule has 1 atom stereocenters. The third-order valence-electron chi connectivity index (χ3n) is 2.24. The first-order valence-electron chi connectivity index (χ1n) is 5.67. The second-order valence-corrected chi connectivity index (χ2v) is 3.90. The van der Waals surface area contributed by atoms with Crippen LogP contribution in [0.3, 0.4) is 0 Å². The second-order valence-electron chi connectivity index (χ2n) is 3.90. The first kappa shape index (κ1) is 13.4.